The third-order valence-electron chi connectivity index (χ3n) is 4.95. The highest BCUT2D eigenvalue weighted by atomic mass is 16.4. The first-order valence-corrected chi connectivity index (χ1v) is 7.99. The number of carboxylic acids is 1. The molecule has 0 radical (unpaired) electrons. The summed E-state index contributed by atoms with van der Waals surface area (Å²) >= 11 is 0. The zero-order chi connectivity index (χ0) is 15.3. The SMILES string of the molecule is CN(C(=O)CCN1CCNCC1)C1(C(=O)O)CCCCC1. The molecule has 0 aromatic heterocycles. The number of hydrogen-bond donors (Lipinski definition) is 2. The number of nitrogens with one attached hydrogen (secondary N) is 1. The first-order chi connectivity index (χ1) is 10.1. The number of carbonyl (C=O) groups excluding carboxylic acids is 1. The molecule has 2 N–H and O–H groups in total. The van der Waals surface area contributed by atoms with E-state index in [0.717, 1.165) is 52.0 Å². The second kappa shape index (κ2) is 7.22. The van der Waals surface area contributed by atoms with Crippen molar-refractivity contribution < 1.29 is 14.7 Å². The van der Waals surface area contributed by atoms with E-state index in [4.69, 9.17) is 0 Å². The van der Waals surface area contributed by atoms with E-state index < -0.39 is 11.5 Å². The maximum atomic E-state index is 12.4. The molecule has 6 heteroatoms. The summed E-state index contributed by atoms with van der Waals surface area (Å²) in [7, 11) is 1.67. The van der Waals surface area contributed by atoms with Gasteiger partial charge in [-0.1, -0.05) is 19.3 Å². The summed E-state index contributed by atoms with van der Waals surface area (Å²) in [6.07, 6.45) is 4.42. The Morgan fingerprint density at radius 1 is 1.19 bits per heavy atom. The third kappa shape index (κ3) is 3.74. The van der Waals surface area contributed by atoms with E-state index in [1.165, 1.54) is 4.90 Å². The van der Waals surface area contributed by atoms with Gasteiger partial charge in [-0.25, -0.2) is 4.79 Å². The molecule has 120 valence electrons. The number of amides is 1. The Labute approximate surface area is 126 Å². The number of hydrogen-bond acceptors (Lipinski definition) is 4. The highest BCUT2D eigenvalue weighted by molar-refractivity contribution is 5.87. The Balaban J connectivity index is 1.91. The van der Waals surface area contributed by atoms with Crippen LogP contribution in [0.15, 0.2) is 0 Å². The smallest absolute Gasteiger partial charge is 0.329 e. The quantitative estimate of drug-likeness (QED) is 0.774. The molecule has 1 heterocycles. The predicted octanol–water partition coefficient (Wildman–Crippen LogP) is 0.528. The van der Waals surface area contributed by atoms with Gasteiger partial charge in [-0.15, -0.1) is 0 Å². The Kier molecular flexibility index (Phi) is 5.58. The molecule has 0 unspecified atom stereocenters. The van der Waals surface area contributed by atoms with Crippen molar-refractivity contribution in [2.75, 3.05) is 39.8 Å². The predicted molar refractivity (Wildman–Crippen MR) is 80.1 cm³/mol. The second-order valence-corrected chi connectivity index (χ2v) is 6.19. The molecular formula is C15H27N3O3. The number of likely N-dealkylation sites (N-methyl/N-ethyl adjacent to an activating group) is 1. The zero-order valence-electron chi connectivity index (χ0n) is 12.9. The fraction of sp³-hybridized carbons (Fsp3) is 0.867. The summed E-state index contributed by atoms with van der Waals surface area (Å²) in [6.45, 7) is 4.56. The van der Waals surface area contributed by atoms with E-state index in [2.05, 4.69) is 10.2 Å². The zero-order valence-corrected chi connectivity index (χ0v) is 12.9. The molecule has 6 nitrogen and oxygen atoms in total. The van der Waals surface area contributed by atoms with Crippen molar-refractivity contribution in [2.24, 2.45) is 0 Å². The average molecular weight is 297 g/mol. The number of carboxylic acid groups (broad SMARTS) is 1. The van der Waals surface area contributed by atoms with Gasteiger partial charge in [-0.05, 0) is 12.8 Å². The van der Waals surface area contributed by atoms with E-state index in [0.29, 0.717) is 19.3 Å². The summed E-state index contributed by atoms with van der Waals surface area (Å²) in [5.41, 5.74) is -0.973. The lowest BCUT2D eigenvalue weighted by Crippen LogP contribution is -2.56. The number of nitrogens with zero attached hydrogens (tertiary/aromatic N) is 2. The minimum atomic E-state index is -0.973. The summed E-state index contributed by atoms with van der Waals surface area (Å²) in [5, 5.41) is 12.9. The van der Waals surface area contributed by atoms with Gasteiger partial charge < -0.3 is 20.2 Å². The third-order valence-corrected chi connectivity index (χ3v) is 4.95. The van der Waals surface area contributed by atoms with Crippen molar-refractivity contribution in [1.82, 2.24) is 15.1 Å². The fourth-order valence-corrected chi connectivity index (χ4v) is 3.42. The van der Waals surface area contributed by atoms with Gasteiger partial charge in [0, 0.05) is 46.2 Å². The lowest BCUT2D eigenvalue weighted by Gasteiger charge is -2.41. The minimum Gasteiger partial charge on any atom is -0.479 e. The molecule has 2 aliphatic rings. The van der Waals surface area contributed by atoms with Crippen molar-refractivity contribution in [2.45, 2.75) is 44.1 Å². The van der Waals surface area contributed by atoms with Crippen LogP contribution in [0.3, 0.4) is 0 Å². The molecule has 2 fully saturated rings. The van der Waals surface area contributed by atoms with Gasteiger partial charge in [-0.2, -0.15) is 0 Å². The van der Waals surface area contributed by atoms with Crippen LogP contribution in [0.2, 0.25) is 0 Å². The van der Waals surface area contributed by atoms with Crippen LogP contribution in [0.5, 0.6) is 0 Å². The molecule has 1 saturated carbocycles. The van der Waals surface area contributed by atoms with Crippen LogP contribution in [0.25, 0.3) is 0 Å². The topological polar surface area (TPSA) is 72.9 Å². The van der Waals surface area contributed by atoms with E-state index in [-0.39, 0.29) is 5.91 Å². The van der Waals surface area contributed by atoms with Crippen molar-refractivity contribution >= 4 is 11.9 Å². The molecule has 1 aliphatic heterocycles. The number of carbonyl (C=O) groups is 2. The molecule has 0 aromatic carbocycles. The highest BCUT2D eigenvalue weighted by Gasteiger charge is 2.45. The monoisotopic (exact) mass is 297 g/mol. The van der Waals surface area contributed by atoms with Gasteiger partial charge in [0.25, 0.3) is 0 Å². The molecule has 21 heavy (non-hydrogen) atoms. The normalized spacial score (nSPS) is 22.7. The lowest BCUT2D eigenvalue weighted by atomic mass is 9.80. The summed E-state index contributed by atoms with van der Waals surface area (Å²) in [4.78, 5) is 27.9. The van der Waals surface area contributed by atoms with Crippen molar-refractivity contribution in [1.29, 1.82) is 0 Å². The molecule has 0 aromatic rings. The van der Waals surface area contributed by atoms with Gasteiger partial charge in [0.1, 0.15) is 5.54 Å². The van der Waals surface area contributed by atoms with Crippen LogP contribution in [-0.4, -0.2) is 72.1 Å². The van der Waals surface area contributed by atoms with Crippen molar-refractivity contribution in [3.8, 4) is 0 Å². The first kappa shape index (κ1) is 16.2. The number of aliphatic carboxylic acids is 1. The van der Waals surface area contributed by atoms with Crippen LogP contribution in [0.4, 0.5) is 0 Å². The maximum absolute atomic E-state index is 12.4. The van der Waals surface area contributed by atoms with Gasteiger partial charge in [0.2, 0.25) is 5.91 Å². The molecule has 1 amide bonds. The first-order valence-electron chi connectivity index (χ1n) is 7.99. The van der Waals surface area contributed by atoms with Crippen molar-refractivity contribution in [3.05, 3.63) is 0 Å². The Morgan fingerprint density at radius 3 is 2.38 bits per heavy atom. The molecular weight excluding hydrogens is 270 g/mol. The lowest BCUT2D eigenvalue weighted by molar-refractivity contribution is -0.160. The van der Waals surface area contributed by atoms with E-state index in [1.807, 2.05) is 0 Å². The summed E-state index contributed by atoms with van der Waals surface area (Å²) < 4.78 is 0. The van der Waals surface area contributed by atoms with E-state index in [1.54, 1.807) is 7.05 Å². The molecule has 0 spiro atoms. The number of piperazine rings is 1. The van der Waals surface area contributed by atoms with E-state index >= 15 is 0 Å². The second-order valence-electron chi connectivity index (χ2n) is 6.19. The van der Waals surface area contributed by atoms with Gasteiger partial charge in [0.05, 0.1) is 0 Å². The largest absolute Gasteiger partial charge is 0.479 e. The van der Waals surface area contributed by atoms with Crippen LogP contribution < -0.4 is 5.32 Å². The van der Waals surface area contributed by atoms with Gasteiger partial charge >= 0.3 is 5.97 Å². The molecule has 1 aliphatic carbocycles. The van der Waals surface area contributed by atoms with Crippen LogP contribution in [-0.2, 0) is 9.59 Å². The molecule has 1 saturated heterocycles. The Morgan fingerprint density at radius 2 is 1.81 bits per heavy atom. The fourth-order valence-electron chi connectivity index (χ4n) is 3.42. The van der Waals surface area contributed by atoms with E-state index in [9.17, 15) is 14.7 Å². The molecule has 2 rings (SSSR count). The Hall–Kier alpha value is -1.14. The standard InChI is InChI=1S/C15H27N3O3/c1-17(15(14(20)21)6-3-2-4-7-15)13(19)5-10-18-11-8-16-9-12-18/h16H,2-12H2,1H3,(H,20,21). The van der Waals surface area contributed by atoms with Gasteiger partial charge in [0.15, 0.2) is 0 Å². The average Bonchev–Trinajstić information content (AvgIpc) is 2.53. The number of rotatable bonds is 5. The minimum absolute atomic E-state index is 0.0437. The molecule has 0 bridgehead atoms. The summed E-state index contributed by atoms with van der Waals surface area (Å²) in [6, 6.07) is 0. The summed E-state index contributed by atoms with van der Waals surface area (Å²) in [5.74, 6) is -0.891. The van der Waals surface area contributed by atoms with Crippen molar-refractivity contribution in [3.63, 3.8) is 0 Å². The van der Waals surface area contributed by atoms with Crippen LogP contribution in [0.1, 0.15) is 38.5 Å². The van der Waals surface area contributed by atoms with Gasteiger partial charge in [-0.3, -0.25) is 4.79 Å². The van der Waals surface area contributed by atoms with Crippen LogP contribution >= 0.6 is 0 Å². The highest BCUT2D eigenvalue weighted by Crippen LogP contribution is 2.33. The maximum Gasteiger partial charge on any atom is 0.329 e. The molecule has 0 atom stereocenters. The Bertz CT molecular complexity index is 374. The van der Waals surface area contributed by atoms with Crippen LogP contribution in [0, 0.1) is 0 Å².